The van der Waals surface area contributed by atoms with Gasteiger partial charge in [-0.15, -0.1) is 11.3 Å². The van der Waals surface area contributed by atoms with Gasteiger partial charge in [0.25, 0.3) is 5.91 Å². The highest BCUT2D eigenvalue weighted by atomic mass is 35.5. The summed E-state index contributed by atoms with van der Waals surface area (Å²) in [4.78, 5) is 32.3. The maximum atomic E-state index is 12.8. The smallest absolute Gasteiger partial charge is 0.270 e. The molecule has 3 heterocycles. The molecule has 0 radical (unpaired) electrons. The molecule has 134 valence electrons. The van der Waals surface area contributed by atoms with Gasteiger partial charge in [-0.25, -0.2) is 0 Å². The lowest BCUT2D eigenvalue weighted by molar-refractivity contribution is -0.917. The average Bonchev–Trinajstić information content (AvgIpc) is 3.10. The first-order valence-electron chi connectivity index (χ1n) is 8.44. The first-order valence-corrected chi connectivity index (χ1v) is 9.63. The van der Waals surface area contributed by atoms with Crippen LogP contribution in [0.2, 0.25) is 4.34 Å². The number of carbonyl (C=O) groups excluding carboxylic acids is 2. The number of H-pyrrole nitrogens is 1. The molecule has 2 aromatic rings. The Kier molecular flexibility index (Phi) is 5.32. The Balaban J connectivity index is 1.64. The standard InChI is InChI=1S/C18H22ClN3O2S/c1-11-16(13(3)23)12(2)20-17(11)18(24)22-8-6-21(7-9-22)10-14-4-5-15(19)25-14/h4-5,20H,6-10H2,1-3H3/p+1. The molecule has 1 aliphatic heterocycles. The third-order valence-electron chi connectivity index (χ3n) is 4.81. The van der Waals surface area contributed by atoms with Crippen LogP contribution in [0.5, 0.6) is 0 Å². The lowest BCUT2D eigenvalue weighted by atomic mass is 10.1. The molecule has 0 aliphatic carbocycles. The molecule has 0 spiro atoms. The number of carbonyl (C=O) groups is 2. The zero-order chi connectivity index (χ0) is 18.1. The van der Waals surface area contributed by atoms with E-state index in [-0.39, 0.29) is 11.7 Å². The highest BCUT2D eigenvalue weighted by molar-refractivity contribution is 7.16. The van der Waals surface area contributed by atoms with Crippen molar-refractivity contribution in [1.82, 2.24) is 9.88 Å². The lowest BCUT2D eigenvalue weighted by Crippen LogP contribution is -3.13. The number of Topliss-reactive ketones (excluding diaryl/α,β-unsaturated/α-hetero) is 1. The van der Waals surface area contributed by atoms with Gasteiger partial charge < -0.3 is 14.8 Å². The van der Waals surface area contributed by atoms with E-state index < -0.39 is 0 Å². The lowest BCUT2D eigenvalue weighted by Gasteiger charge is -2.32. The Morgan fingerprint density at radius 2 is 1.96 bits per heavy atom. The molecule has 25 heavy (non-hydrogen) atoms. The number of halogens is 1. The first kappa shape index (κ1) is 18.2. The topological polar surface area (TPSA) is 57.6 Å². The van der Waals surface area contributed by atoms with Gasteiger partial charge in [-0.2, -0.15) is 0 Å². The van der Waals surface area contributed by atoms with Gasteiger partial charge in [0.05, 0.1) is 35.4 Å². The van der Waals surface area contributed by atoms with Crippen LogP contribution in [0.4, 0.5) is 0 Å². The van der Waals surface area contributed by atoms with E-state index in [0.717, 1.165) is 48.3 Å². The molecule has 0 atom stereocenters. The molecule has 0 bridgehead atoms. The Labute approximate surface area is 156 Å². The van der Waals surface area contributed by atoms with Crippen molar-refractivity contribution in [2.24, 2.45) is 0 Å². The number of hydrogen-bond acceptors (Lipinski definition) is 3. The molecule has 1 fully saturated rings. The number of aromatic nitrogens is 1. The molecular weight excluding hydrogens is 358 g/mol. The predicted octanol–water partition coefficient (Wildman–Crippen LogP) is 2.09. The van der Waals surface area contributed by atoms with Crippen molar-refractivity contribution in [2.75, 3.05) is 26.2 Å². The summed E-state index contributed by atoms with van der Waals surface area (Å²) in [5.41, 5.74) is 2.73. The van der Waals surface area contributed by atoms with Crippen molar-refractivity contribution in [3.63, 3.8) is 0 Å². The molecule has 5 nitrogen and oxygen atoms in total. The fourth-order valence-electron chi connectivity index (χ4n) is 3.55. The van der Waals surface area contributed by atoms with Crippen LogP contribution in [0, 0.1) is 13.8 Å². The number of amides is 1. The van der Waals surface area contributed by atoms with Crippen LogP contribution >= 0.6 is 22.9 Å². The van der Waals surface area contributed by atoms with Crippen LogP contribution in [0.1, 0.15) is 43.9 Å². The molecule has 2 aromatic heterocycles. The molecular formula is C18H23ClN3O2S+. The van der Waals surface area contributed by atoms with Gasteiger partial charge in [0, 0.05) is 11.3 Å². The monoisotopic (exact) mass is 380 g/mol. The second kappa shape index (κ2) is 7.32. The molecule has 1 saturated heterocycles. The van der Waals surface area contributed by atoms with Crippen molar-refractivity contribution in [3.8, 4) is 0 Å². The van der Waals surface area contributed by atoms with Gasteiger partial charge in [0.15, 0.2) is 5.78 Å². The largest absolute Gasteiger partial charge is 0.354 e. The van der Waals surface area contributed by atoms with Crippen LogP contribution in [0.3, 0.4) is 0 Å². The summed E-state index contributed by atoms with van der Waals surface area (Å²) in [6.45, 7) is 9.45. The van der Waals surface area contributed by atoms with E-state index in [4.69, 9.17) is 11.6 Å². The van der Waals surface area contributed by atoms with Crippen LogP contribution in [0.15, 0.2) is 12.1 Å². The number of thiophene rings is 1. The zero-order valence-electron chi connectivity index (χ0n) is 14.7. The third-order valence-corrected chi connectivity index (χ3v) is 6.05. The molecule has 0 aromatic carbocycles. The minimum absolute atomic E-state index is 0.00540. The van der Waals surface area contributed by atoms with Crippen LogP contribution < -0.4 is 4.90 Å². The number of hydrogen-bond donors (Lipinski definition) is 2. The summed E-state index contributed by atoms with van der Waals surface area (Å²) in [7, 11) is 0. The van der Waals surface area contributed by atoms with Crippen molar-refractivity contribution < 1.29 is 14.5 Å². The summed E-state index contributed by atoms with van der Waals surface area (Å²) >= 11 is 7.61. The van der Waals surface area contributed by atoms with Gasteiger partial charge in [-0.1, -0.05) is 11.6 Å². The van der Waals surface area contributed by atoms with E-state index >= 15 is 0 Å². The fourth-order valence-corrected chi connectivity index (χ4v) is 4.71. The highest BCUT2D eigenvalue weighted by Crippen LogP contribution is 2.21. The minimum atomic E-state index is -0.00804. The molecule has 1 aliphatic rings. The number of rotatable bonds is 4. The maximum Gasteiger partial charge on any atom is 0.270 e. The summed E-state index contributed by atoms with van der Waals surface area (Å²) in [6.07, 6.45) is 0. The van der Waals surface area contributed by atoms with E-state index in [1.807, 2.05) is 24.8 Å². The Morgan fingerprint density at radius 3 is 2.48 bits per heavy atom. The van der Waals surface area contributed by atoms with E-state index in [1.54, 1.807) is 11.3 Å². The van der Waals surface area contributed by atoms with Gasteiger partial charge in [-0.05, 0) is 38.5 Å². The molecule has 0 saturated carbocycles. The van der Waals surface area contributed by atoms with Crippen LogP contribution in [-0.2, 0) is 6.54 Å². The Morgan fingerprint density at radius 1 is 1.28 bits per heavy atom. The molecule has 1 amide bonds. The summed E-state index contributed by atoms with van der Waals surface area (Å²) in [5, 5.41) is 0. The molecule has 0 unspecified atom stereocenters. The van der Waals surface area contributed by atoms with Gasteiger partial charge >= 0.3 is 0 Å². The second-order valence-corrected chi connectivity index (χ2v) is 8.41. The number of aromatic amines is 1. The number of nitrogens with one attached hydrogen (secondary N) is 2. The van der Waals surface area contributed by atoms with Gasteiger partial charge in [0.1, 0.15) is 12.2 Å². The molecule has 2 N–H and O–H groups in total. The number of nitrogens with zero attached hydrogens (tertiary/aromatic N) is 1. The number of piperazine rings is 1. The van der Waals surface area contributed by atoms with Gasteiger partial charge in [0.2, 0.25) is 0 Å². The third kappa shape index (κ3) is 3.81. The zero-order valence-corrected chi connectivity index (χ0v) is 16.3. The normalized spacial score (nSPS) is 15.6. The maximum absolute atomic E-state index is 12.8. The quantitative estimate of drug-likeness (QED) is 0.798. The van der Waals surface area contributed by atoms with Crippen molar-refractivity contribution >= 4 is 34.6 Å². The van der Waals surface area contributed by atoms with Gasteiger partial charge in [-0.3, -0.25) is 9.59 Å². The highest BCUT2D eigenvalue weighted by Gasteiger charge is 2.28. The number of aryl methyl sites for hydroxylation is 1. The Hall–Kier alpha value is -1.63. The Bertz CT molecular complexity index is 803. The van der Waals surface area contributed by atoms with Crippen LogP contribution in [-0.4, -0.2) is 47.8 Å². The fraction of sp³-hybridized carbons (Fsp3) is 0.444. The average molecular weight is 381 g/mol. The summed E-state index contributed by atoms with van der Waals surface area (Å²) < 4.78 is 0.821. The first-order chi connectivity index (χ1) is 11.9. The van der Waals surface area contributed by atoms with E-state index in [1.165, 1.54) is 16.7 Å². The summed E-state index contributed by atoms with van der Waals surface area (Å²) in [6, 6.07) is 4.01. The second-order valence-electron chi connectivity index (χ2n) is 6.61. The summed E-state index contributed by atoms with van der Waals surface area (Å²) in [5.74, 6) is -0.0134. The number of quaternary nitrogens is 1. The SMILES string of the molecule is CC(=O)c1c(C)[nH]c(C(=O)N2CC[NH+](Cc3ccc(Cl)s3)CC2)c1C. The van der Waals surface area contributed by atoms with Crippen molar-refractivity contribution in [1.29, 1.82) is 0 Å². The predicted molar refractivity (Wildman–Crippen MR) is 99.9 cm³/mol. The van der Waals surface area contributed by atoms with E-state index in [9.17, 15) is 9.59 Å². The van der Waals surface area contributed by atoms with E-state index in [0.29, 0.717) is 11.3 Å². The van der Waals surface area contributed by atoms with Crippen molar-refractivity contribution in [2.45, 2.75) is 27.3 Å². The minimum Gasteiger partial charge on any atom is -0.354 e. The molecule has 3 rings (SSSR count). The molecule has 7 heteroatoms. The number of ketones is 1. The van der Waals surface area contributed by atoms with Crippen molar-refractivity contribution in [3.05, 3.63) is 43.9 Å². The van der Waals surface area contributed by atoms with E-state index in [2.05, 4.69) is 11.1 Å². The van der Waals surface area contributed by atoms with Crippen LogP contribution in [0.25, 0.3) is 0 Å².